The van der Waals surface area contributed by atoms with E-state index in [0.717, 1.165) is 23.9 Å². The molecular weight excluding hydrogens is 351 g/mol. The van der Waals surface area contributed by atoms with Crippen LogP contribution in [-0.2, 0) is 7.05 Å². The average Bonchev–Trinajstić information content (AvgIpc) is 2.96. The summed E-state index contributed by atoms with van der Waals surface area (Å²) in [6.45, 7) is 0. The summed E-state index contributed by atoms with van der Waals surface area (Å²) in [4.78, 5) is 12.1. The molecule has 0 saturated heterocycles. The van der Waals surface area contributed by atoms with Crippen LogP contribution in [0.2, 0.25) is 0 Å². The van der Waals surface area contributed by atoms with Crippen molar-refractivity contribution in [3.63, 3.8) is 0 Å². The van der Waals surface area contributed by atoms with Gasteiger partial charge in [0.2, 0.25) is 0 Å². The summed E-state index contributed by atoms with van der Waals surface area (Å²) in [6, 6.07) is 8.84. The molecule has 0 bridgehead atoms. The third-order valence-electron chi connectivity index (χ3n) is 3.51. The Hall–Kier alpha value is -2.61. The van der Waals surface area contributed by atoms with Crippen LogP contribution in [-0.4, -0.2) is 26.3 Å². The van der Waals surface area contributed by atoms with Gasteiger partial charge in [-0.1, -0.05) is 11.8 Å². The monoisotopic (exact) mass is 363 g/mol. The molecule has 0 N–H and O–H groups in total. The second-order valence-corrected chi connectivity index (χ2v) is 6.16. The third kappa shape index (κ3) is 3.74. The lowest BCUT2D eigenvalue weighted by Crippen LogP contribution is -2.05. The zero-order valence-corrected chi connectivity index (χ0v) is 13.9. The van der Waals surface area contributed by atoms with Crippen LogP contribution >= 0.6 is 11.8 Å². The van der Waals surface area contributed by atoms with E-state index in [-0.39, 0.29) is 22.9 Å². The maximum absolute atomic E-state index is 13.2. The Balaban J connectivity index is 1.72. The Morgan fingerprint density at radius 2 is 1.76 bits per heavy atom. The van der Waals surface area contributed by atoms with Crippen molar-refractivity contribution in [3.8, 4) is 11.4 Å². The first kappa shape index (κ1) is 17.2. The first-order chi connectivity index (χ1) is 12.0. The minimum Gasteiger partial charge on any atom is -0.305 e. The SMILES string of the molecule is Cn1c(SCC(=O)c2ccc(F)c(F)c2)nnc1-c1ccc(F)cc1. The molecule has 0 fully saturated rings. The first-order valence-corrected chi connectivity index (χ1v) is 8.20. The summed E-state index contributed by atoms with van der Waals surface area (Å²) in [7, 11) is 1.73. The van der Waals surface area contributed by atoms with Gasteiger partial charge >= 0.3 is 0 Å². The minimum atomic E-state index is -1.06. The molecule has 1 heterocycles. The number of ketones is 1. The molecule has 0 aliphatic carbocycles. The Kier molecular flexibility index (Phi) is 4.89. The Labute approximate surface area is 145 Å². The van der Waals surface area contributed by atoms with Gasteiger partial charge in [-0.3, -0.25) is 4.79 Å². The highest BCUT2D eigenvalue weighted by Crippen LogP contribution is 2.23. The minimum absolute atomic E-state index is 0.000460. The number of thioether (sulfide) groups is 1. The van der Waals surface area contributed by atoms with E-state index in [2.05, 4.69) is 10.2 Å². The second-order valence-electron chi connectivity index (χ2n) is 5.21. The van der Waals surface area contributed by atoms with Gasteiger partial charge in [0.25, 0.3) is 0 Å². The molecule has 128 valence electrons. The van der Waals surface area contributed by atoms with Gasteiger partial charge in [0, 0.05) is 18.2 Å². The fraction of sp³-hybridized carbons (Fsp3) is 0.118. The number of benzene rings is 2. The predicted octanol–water partition coefficient (Wildman–Crippen LogP) is 3.87. The highest BCUT2D eigenvalue weighted by atomic mass is 32.2. The lowest BCUT2D eigenvalue weighted by atomic mass is 10.1. The van der Waals surface area contributed by atoms with E-state index in [9.17, 15) is 18.0 Å². The normalized spacial score (nSPS) is 10.9. The van der Waals surface area contributed by atoms with Crippen molar-refractivity contribution < 1.29 is 18.0 Å². The predicted molar refractivity (Wildman–Crippen MR) is 87.8 cm³/mol. The summed E-state index contributed by atoms with van der Waals surface area (Å²) < 4.78 is 40.8. The smallest absolute Gasteiger partial charge is 0.191 e. The molecule has 0 aliphatic heterocycles. The van der Waals surface area contributed by atoms with E-state index in [0.29, 0.717) is 16.5 Å². The number of nitrogens with zero attached hydrogens (tertiary/aromatic N) is 3. The molecule has 0 amide bonds. The zero-order valence-electron chi connectivity index (χ0n) is 13.0. The molecule has 0 aliphatic rings. The van der Waals surface area contributed by atoms with Crippen LogP contribution in [0.25, 0.3) is 11.4 Å². The zero-order chi connectivity index (χ0) is 18.0. The highest BCUT2D eigenvalue weighted by molar-refractivity contribution is 7.99. The van der Waals surface area contributed by atoms with Crippen molar-refractivity contribution >= 4 is 17.5 Å². The molecule has 3 rings (SSSR count). The molecule has 0 spiro atoms. The standard InChI is InChI=1S/C17H12F3N3OS/c1-23-16(10-2-5-12(18)6-3-10)21-22-17(23)25-9-15(24)11-4-7-13(19)14(20)8-11/h2-8H,9H2,1H3. The van der Waals surface area contributed by atoms with E-state index in [1.54, 1.807) is 23.7 Å². The maximum atomic E-state index is 13.2. The van der Waals surface area contributed by atoms with Crippen molar-refractivity contribution in [3.05, 3.63) is 65.5 Å². The van der Waals surface area contributed by atoms with Crippen molar-refractivity contribution in [2.75, 3.05) is 5.75 Å². The molecule has 0 unspecified atom stereocenters. The molecular formula is C17H12F3N3OS. The van der Waals surface area contributed by atoms with Gasteiger partial charge in [0.15, 0.2) is 28.4 Å². The number of hydrogen-bond donors (Lipinski definition) is 0. The van der Waals surface area contributed by atoms with Gasteiger partial charge in [-0.25, -0.2) is 13.2 Å². The van der Waals surface area contributed by atoms with Crippen molar-refractivity contribution in [2.45, 2.75) is 5.16 Å². The fourth-order valence-corrected chi connectivity index (χ4v) is 2.98. The van der Waals surface area contributed by atoms with E-state index in [1.807, 2.05) is 0 Å². The van der Waals surface area contributed by atoms with E-state index in [1.165, 1.54) is 18.2 Å². The highest BCUT2D eigenvalue weighted by Gasteiger charge is 2.15. The molecule has 2 aromatic carbocycles. The molecule has 0 saturated carbocycles. The largest absolute Gasteiger partial charge is 0.305 e. The number of halogens is 3. The number of aromatic nitrogens is 3. The summed E-state index contributed by atoms with van der Waals surface area (Å²) in [5.74, 6) is -2.23. The summed E-state index contributed by atoms with van der Waals surface area (Å²) in [5.41, 5.74) is 0.780. The van der Waals surface area contributed by atoms with Crippen molar-refractivity contribution in [1.82, 2.24) is 14.8 Å². The third-order valence-corrected chi connectivity index (χ3v) is 4.53. The summed E-state index contributed by atoms with van der Waals surface area (Å²) >= 11 is 1.13. The number of hydrogen-bond acceptors (Lipinski definition) is 4. The summed E-state index contributed by atoms with van der Waals surface area (Å²) in [5, 5.41) is 8.53. The molecule has 3 aromatic rings. The second kappa shape index (κ2) is 7.10. The first-order valence-electron chi connectivity index (χ1n) is 7.22. The molecule has 8 heteroatoms. The number of carbonyl (C=O) groups excluding carboxylic acids is 1. The number of carbonyl (C=O) groups is 1. The van der Waals surface area contributed by atoms with Crippen LogP contribution in [0.3, 0.4) is 0 Å². The topological polar surface area (TPSA) is 47.8 Å². The van der Waals surface area contributed by atoms with Crippen LogP contribution in [0.4, 0.5) is 13.2 Å². The fourth-order valence-electron chi connectivity index (χ4n) is 2.17. The lowest BCUT2D eigenvalue weighted by Gasteiger charge is -2.04. The van der Waals surface area contributed by atoms with Crippen LogP contribution in [0.1, 0.15) is 10.4 Å². The van der Waals surface area contributed by atoms with Gasteiger partial charge in [0.1, 0.15) is 5.82 Å². The van der Waals surface area contributed by atoms with Gasteiger partial charge in [-0.05, 0) is 42.5 Å². The van der Waals surface area contributed by atoms with E-state index < -0.39 is 11.6 Å². The van der Waals surface area contributed by atoms with Crippen LogP contribution in [0, 0.1) is 17.5 Å². The lowest BCUT2D eigenvalue weighted by molar-refractivity contribution is 0.102. The van der Waals surface area contributed by atoms with Gasteiger partial charge < -0.3 is 4.57 Å². The van der Waals surface area contributed by atoms with Crippen LogP contribution in [0.5, 0.6) is 0 Å². The number of rotatable bonds is 5. The van der Waals surface area contributed by atoms with Crippen LogP contribution < -0.4 is 0 Å². The maximum Gasteiger partial charge on any atom is 0.191 e. The van der Waals surface area contributed by atoms with E-state index in [4.69, 9.17) is 0 Å². The van der Waals surface area contributed by atoms with Gasteiger partial charge in [-0.15, -0.1) is 10.2 Å². The molecule has 1 aromatic heterocycles. The Bertz CT molecular complexity index is 925. The van der Waals surface area contributed by atoms with Crippen LogP contribution in [0.15, 0.2) is 47.6 Å². The molecule has 0 atom stereocenters. The summed E-state index contributed by atoms with van der Waals surface area (Å²) in [6.07, 6.45) is 0. The van der Waals surface area contributed by atoms with E-state index >= 15 is 0 Å². The Morgan fingerprint density at radius 1 is 1.04 bits per heavy atom. The molecule has 25 heavy (non-hydrogen) atoms. The van der Waals surface area contributed by atoms with Gasteiger partial charge in [-0.2, -0.15) is 0 Å². The van der Waals surface area contributed by atoms with Crippen molar-refractivity contribution in [2.24, 2.45) is 7.05 Å². The molecule has 4 nitrogen and oxygen atoms in total. The van der Waals surface area contributed by atoms with Crippen molar-refractivity contribution in [1.29, 1.82) is 0 Å². The number of Topliss-reactive ketones (excluding diaryl/α,β-unsaturated/α-hetero) is 1. The quantitative estimate of drug-likeness (QED) is 0.510. The average molecular weight is 363 g/mol. The Morgan fingerprint density at radius 3 is 2.44 bits per heavy atom. The molecule has 0 radical (unpaired) electrons. The van der Waals surface area contributed by atoms with Gasteiger partial charge in [0.05, 0.1) is 5.75 Å².